The molecule has 0 saturated heterocycles. The van der Waals surface area contributed by atoms with Crippen molar-refractivity contribution in [1.29, 1.82) is 0 Å². The van der Waals surface area contributed by atoms with E-state index < -0.39 is 17.5 Å². The molecule has 24 heavy (non-hydrogen) atoms. The molecule has 7 heteroatoms. The molecule has 0 unspecified atom stereocenters. The van der Waals surface area contributed by atoms with Gasteiger partial charge in [-0.3, -0.25) is 4.79 Å². The van der Waals surface area contributed by atoms with Gasteiger partial charge in [-0.2, -0.15) is 0 Å². The minimum absolute atomic E-state index is 0.158. The SMILES string of the molecule is O=C(NCCc1nnc(-c2ccccc2)o1)c1cccc(F)c1F. The third-order valence-electron chi connectivity index (χ3n) is 3.31. The minimum atomic E-state index is -1.17. The van der Waals surface area contributed by atoms with Crippen molar-refractivity contribution in [2.24, 2.45) is 0 Å². The first kappa shape index (κ1) is 15.8. The van der Waals surface area contributed by atoms with Crippen molar-refractivity contribution in [2.45, 2.75) is 6.42 Å². The zero-order chi connectivity index (χ0) is 16.9. The molecule has 1 aromatic heterocycles. The van der Waals surface area contributed by atoms with Crippen LogP contribution in [0.2, 0.25) is 0 Å². The lowest BCUT2D eigenvalue weighted by molar-refractivity contribution is 0.0948. The van der Waals surface area contributed by atoms with E-state index in [1.165, 1.54) is 12.1 Å². The Labute approximate surface area is 136 Å². The highest BCUT2D eigenvalue weighted by Crippen LogP contribution is 2.17. The first-order chi connectivity index (χ1) is 11.6. The lowest BCUT2D eigenvalue weighted by Crippen LogP contribution is -2.26. The molecule has 0 saturated carbocycles. The maximum atomic E-state index is 13.5. The first-order valence-corrected chi connectivity index (χ1v) is 7.25. The van der Waals surface area contributed by atoms with Gasteiger partial charge >= 0.3 is 0 Å². The maximum Gasteiger partial charge on any atom is 0.254 e. The monoisotopic (exact) mass is 329 g/mol. The van der Waals surface area contributed by atoms with Crippen LogP contribution in [0.1, 0.15) is 16.2 Å². The van der Waals surface area contributed by atoms with Crippen LogP contribution in [0.4, 0.5) is 8.78 Å². The zero-order valence-electron chi connectivity index (χ0n) is 12.5. The number of benzene rings is 2. The quantitative estimate of drug-likeness (QED) is 0.781. The second-order valence-electron chi connectivity index (χ2n) is 4.97. The summed E-state index contributed by atoms with van der Waals surface area (Å²) in [5.41, 5.74) is 0.452. The highest BCUT2D eigenvalue weighted by atomic mass is 19.2. The van der Waals surface area contributed by atoms with Crippen LogP contribution < -0.4 is 5.32 Å². The molecule has 0 atom stereocenters. The number of hydrogen-bond acceptors (Lipinski definition) is 4. The van der Waals surface area contributed by atoms with E-state index >= 15 is 0 Å². The maximum absolute atomic E-state index is 13.5. The van der Waals surface area contributed by atoms with Gasteiger partial charge in [0.1, 0.15) is 0 Å². The molecule has 0 fully saturated rings. The summed E-state index contributed by atoms with van der Waals surface area (Å²) in [4.78, 5) is 11.9. The van der Waals surface area contributed by atoms with E-state index in [0.717, 1.165) is 11.6 Å². The van der Waals surface area contributed by atoms with Crippen LogP contribution in [0.5, 0.6) is 0 Å². The zero-order valence-corrected chi connectivity index (χ0v) is 12.5. The number of halogens is 2. The summed E-state index contributed by atoms with van der Waals surface area (Å²) in [6.45, 7) is 0.158. The summed E-state index contributed by atoms with van der Waals surface area (Å²) < 4.78 is 32.1. The number of nitrogens with zero attached hydrogens (tertiary/aromatic N) is 2. The van der Waals surface area contributed by atoms with Crippen LogP contribution in [-0.4, -0.2) is 22.6 Å². The Morgan fingerprint density at radius 3 is 2.62 bits per heavy atom. The third-order valence-corrected chi connectivity index (χ3v) is 3.31. The first-order valence-electron chi connectivity index (χ1n) is 7.25. The van der Waals surface area contributed by atoms with Crippen molar-refractivity contribution < 1.29 is 18.0 Å². The largest absolute Gasteiger partial charge is 0.421 e. The molecule has 1 heterocycles. The molecule has 122 valence electrons. The number of nitrogens with one attached hydrogen (secondary N) is 1. The molecule has 0 aliphatic rings. The number of carbonyl (C=O) groups excluding carboxylic acids is 1. The Kier molecular flexibility index (Phi) is 4.60. The molecule has 5 nitrogen and oxygen atoms in total. The highest BCUT2D eigenvalue weighted by Gasteiger charge is 2.15. The third kappa shape index (κ3) is 3.45. The fraction of sp³-hybridized carbons (Fsp3) is 0.118. The molecule has 1 amide bonds. The standard InChI is InChI=1S/C17H13F2N3O2/c18-13-8-4-7-12(15(13)19)16(23)20-10-9-14-21-22-17(24-14)11-5-2-1-3-6-11/h1-8H,9-10H2,(H,20,23). The molecule has 0 aliphatic heterocycles. The molecule has 1 N–H and O–H groups in total. The number of carbonyl (C=O) groups is 1. The fourth-order valence-electron chi connectivity index (χ4n) is 2.11. The number of hydrogen-bond donors (Lipinski definition) is 1. The van der Waals surface area contributed by atoms with Crippen molar-refractivity contribution in [3.63, 3.8) is 0 Å². The fourth-order valence-corrected chi connectivity index (χ4v) is 2.11. The van der Waals surface area contributed by atoms with Gasteiger partial charge < -0.3 is 9.73 Å². The van der Waals surface area contributed by atoms with Gasteiger partial charge in [-0.15, -0.1) is 10.2 Å². The van der Waals surface area contributed by atoms with Crippen molar-refractivity contribution >= 4 is 5.91 Å². The topological polar surface area (TPSA) is 68.0 Å². The summed E-state index contributed by atoms with van der Waals surface area (Å²) in [5.74, 6) is -2.21. The van der Waals surface area contributed by atoms with Crippen LogP contribution in [0, 0.1) is 11.6 Å². The molecule has 2 aromatic carbocycles. The average molecular weight is 329 g/mol. The minimum Gasteiger partial charge on any atom is -0.421 e. The van der Waals surface area contributed by atoms with E-state index in [2.05, 4.69) is 15.5 Å². The van der Waals surface area contributed by atoms with E-state index in [1.807, 2.05) is 30.3 Å². The van der Waals surface area contributed by atoms with Crippen molar-refractivity contribution in [3.05, 3.63) is 71.6 Å². The van der Waals surface area contributed by atoms with Gasteiger partial charge in [0.15, 0.2) is 11.6 Å². The van der Waals surface area contributed by atoms with Gasteiger partial charge in [-0.1, -0.05) is 24.3 Å². The summed E-state index contributed by atoms with van der Waals surface area (Å²) in [6.07, 6.45) is 0.280. The summed E-state index contributed by atoms with van der Waals surface area (Å²) in [6, 6.07) is 12.7. The van der Waals surface area contributed by atoms with Gasteiger partial charge in [0.25, 0.3) is 5.91 Å². The Bertz CT molecular complexity index is 850. The van der Waals surface area contributed by atoms with Crippen LogP contribution in [0.15, 0.2) is 52.9 Å². The smallest absolute Gasteiger partial charge is 0.254 e. The van der Waals surface area contributed by atoms with Crippen LogP contribution in [-0.2, 0) is 6.42 Å². The second kappa shape index (κ2) is 6.99. The Morgan fingerprint density at radius 1 is 1.04 bits per heavy atom. The van der Waals surface area contributed by atoms with Crippen molar-refractivity contribution in [3.8, 4) is 11.5 Å². The van der Waals surface area contributed by atoms with Gasteiger partial charge in [-0.05, 0) is 24.3 Å². The van der Waals surface area contributed by atoms with Crippen LogP contribution in [0.25, 0.3) is 11.5 Å². The summed E-state index contributed by atoms with van der Waals surface area (Å²) in [7, 11) is 0. The van der Waals surface area contributed by atoms with Crippen LogP contribution in [0.3, 0.4) is 0 Å². The molecular weight excluding hydrogens is 316 g/mol. The predicted molar refractivity (Wildman–Crippen MR) is 82.1 cm³/mol. The van der Waals surface area contributed by atoms with Gasteiger partial charge in [0, 0.05) is 18.5 Å². The van der Waals surface area contributed by atoms with Gasteiger partial charge in [0.05, 0.1) is 5.56 Å². The highest BCUT2D eigenvalue weighted by molar-refractivity contribution is 5.94. The van der Waals surface area contributed by atoms with E-state index in [-0.39, 0.29) is 18.5 Å². The molecular formula is C17H13F2N3O2. The lowest BCUT2D eigenvalue weighted by Gasteiger charge is -2.05. The number of amides is 1. The van der Waals surface area contributed by atoms with Gasteiger partial charge in [0.2, 0.25) is 11.8 Å². The summed E-state index contributed by atoms with van der Waals surface area (Å²) >= 11 is 0. The molecule has 3 aromatic rings. The van der Waals surface area contributed by atoms with Crippen molar-refractivity contribution in [1.82, 2.24) is 15.5 Å². The molecule has 0 aliphatic carbocycles. The molecule has 0 radical (unpaired) electrons. The van der Waals surface area contributed by atoms with E-state index in [0.29, 0.717) is 11.8 Å². The number of rotatable bonds is 5. The molecule has 0 bridgehead atoms. The Morgan fingerprint density at radius 2 is 1.83 bits per heavy atom. The average Bonchev–Trinajstić information content (AvgIpc) is 3.07. The Hall–Kier alpha value is -3.09. The number of aromatic nitrogens is 2. The predicted octanol–water partition coefficient (Wildman–Crippen LogP) is 2.99. The summed E-state index contributed by atoms with van der Waals surface area (Å²) in [5, 5.41) is 10.3. The van der Waals surface area contributed by atoms with E-state index in [1.54, 1.807) is 0 Å². The molecule has 0 spiro atoms. The van der Waals surface area contributed by atoms with E-state index in [4.69, 9.17) is 4.42 Å². The van der Waals surface area contributed by atoms with E-state index in [9.17, 15) is 13.6 Å². The lowest BCUT2D eigenvalue weighted by atomic mass is 10.2. The van der Waals surface area contributed by atoms with Gasteiger partial charge in [-0.25, -0.2) is 8.78 Å². The Balaban J connectivity index is 1.58. The van der Waals surface area contributed by atoms with Crippen molar-refractivity contribution in [2.75, 3.05) is 6.54 Å². The molecule has 3 rings (SSSR count). The van der Waals surface area contributed by atoms with Crippen LogP contribution >= 0.6 is 0 Å². The second-order valence-corrected chi connectivity index (χ2v) is 4.97. The normalized spacial score (nSPS) is 10.6.